The van der Waals surface area contributed by atoms with Gasteiger partial charge in [0, 0.05) is 5.69 Å². The molecule has 9 heavy (non-hydrogen) atoms. The Bertz CT molecular complexity index is 185. The molecule has 2 N–H and O–H groups in total. The summed E-state index contributed by atoms with van der Waals surface area (Å²) in [6.07, 6.45) is 0. The summed E-state index contributed by atoms with van der Waals surface area (Å²) in [4.78, 5) is 0. The normalized spacial score (nSPS) is 9.00. The Labute approximate surface area is 67.4 Å². The number of halogens is 1. The Morgan fingerprint density at radius 2 is 1.78 bits per heavy atom. The molecule has 0 unspecified atom stereocenters. The van der Waals surface area contributed by atoms with E-state index in [0.29, 0.717) is 5.75 Å². The Hall–Kier alpha value is -0.450. The van der Waals surface area contributed by atoms with Crippen LogP contribution in [0.25, 0.3) is 0 Å². The summed E-state index contributed by atoms with van der Waals surface area (Å²) in [7, 11) is 0. The molecule has 1 aromatic carbocycles. The number of nitrogens with one attached hydrogen (secondary N) is 1. The molecule has 0 saturated heterocycles. The Kier molecular flexibility index (Phi) is 2.16. The van der Waals surface area contributed by atoms with Crippen molar-refractivity contribution >= 4 is 28.6 Å². The van der Waals surface area contributed by atoms with Crippen molar-refractivity contribution in [2.75, 3.05) is 3.53 Å². The quantitative estimate of drug-likeness (QED) is 0.444. The Balaban J connectivity index is 2.88. The second-order valence-electron chi connectivity index (χ2n) is 1.64. The zero-order valence-electron chi connectivity index (χ0n) is 4.63. The van der Waals surface area contributed by atoms with Crippen molar-refractivity contribution in [3.05, 3.63) is 24.3 Å². The van der Waals surface area contributed by atoms with Crippen molar-refractivity contribution < 1.29 is 5.11 Å². The number of aromatic hydroxyl groups is 1. The maximum atomic E-state index is 8.82. The summed E-state index contributed by atoms with van der Waals surface area (Å²) < 4.78 is 2.91. The van der Waals surface area contributed by atoms with Gasteiger partial charge in [0.25, 0.3) is 0 Å². The average Bonchev–Trinajstić information content (AvgIpc) is 1.90. The molecule has 0 radical (unpaired) electrons. The van der Waals surface area contributed by atoms with Crippen LogP contribution in [0.15, 0.2) is 24.3 Å². The molecular formula is C6H6INO. The molecule has 0 aromatic heterocycles. The number of rotatable bonds is 1. The average molecular weight is 235 g/mol. The summed E-state index contributed by atoms with van der Waals surface area (Å²) in [5, 5.41) is 8.82. The zero-order valence-corrected chi connectivity index (χ0v) is 6.79. The minimum atomic E-state index is 0.297. The van der Waals surface area contributed by atoms with E-state index in [4.69, 9.17) is 5.11 Å². The van der Waals surface area contributed by atoms with E-state index in [0.717, 1.165) is 5.69 Å². The first-order valence-corrected chi connectivity index (χ1v) is 3.56. The Morgan fingerprint density at radius 3 is 2.22 bits per heavy atom. The topological polar surface area (TPSA) is 32.3 Å². The summed E-state index contributed by atoms with van der Waals surface area (Å²) in [6, 6.07) is 6.89. The second kappa shape index (κ2) is 2.91. The third-order valence-corrected chi connectivity index (χ3v) is 1.60. The molecule has 0 saturated carbocycles. The molecule has 1 rings (SSSR count). The number of phenolic OH excluding ortho intramolecular Hbond substituents is 1. The number of benzene rings is 1. The van der Waals surface area contributed by atoms with Crippen LogP contribution < -0.4 is 3.53 Å². The summed E-state index contributed by atoms with van der Waals surface area (Å²) >= 11 is 2.03. The highest BCUT2D eigenvalue weighted by Crippen LogP contribution is 2.14. The SMILES string of the molecule is Oc1ccc(NI)cc1. The molecular weight excluding hydrogens is 229 g/mol. The van der Waals surface area contributed by atoms with Crippen LogP contribution in [0.2, 0.25) is 0 Å². The molecule has 0 aliphatic heterocycles. The summed E-state index contributed by atoms with van der Waals surface area (Å²) in [6.45, 7) is 0. The predicted octanol–water partition coefficient (Wildman–Crippen LogP) is 2.15. The first-order chi connectivity index (χ1) is 4.33. The number of phenols is 1. The van der Waals surface area contributed by atoms with Crippen LogP contribution in [-0.2, 0) is 0 Å². The largest absolute Gasteiger partial charge is 0.508 e. The molecule has 0 amide bonds. The molecule has 0 fully saturated rings. The standard InChI is InChI=1S/C6H6INO/c7-8-5-1-3-6(9)4-2-5/h1-4,8-9H. The molecule has 2 nitrogen and oxygen atoms in total. The maximum Gasteiger partial charge on any atom is 0.115 e. The van der Waals surface area contributed by atoms with E-state index in [1.54, 1.807) is 12.1 Å². The molecule has 48 valence electrons. The van der Waals surface area contributed by atoms with Crippen LogP contribution in [0.4, 0.5) is 5.69 Å². The second-order valence-corrected chi connectivity index (χ2v) is 2.18. The molecule has 0 aliphatic rings. The van der Waals surface area contributed by atoms with Crippen molar-refractivity contribution in [3.63, 3.8) is 0 Å². The van der Waals surface area contributed by atoms with Gasteiger partial charge in [-0.1, -0.05) is 0 Å². The van der Waals surface area contributed by atoms with Gasteiger partial charge in [0.2, 0.25) is 0 Å². The van der Waals surface area contributed by atoms with E-state index < -0.39 is 0 Å². The molecule has 3 heteroatoms. The lowest BCUT2D eigenvalue weighted by atomic mass is 10.3. The number of anilines is 1. The Morgan fingerprint density at radius 1 is 1.22 bits per heavy atom. The maximum absolute atomic E-state index is 8.82. The van der Waals surface area contributed by atoms with Crippen LogP contribution in [0.3, 0.4) is 0 Å². The third kappa shape index (κ3) is 1.74. The van der Waals surface area contributed by atoms with Gasteiger partial charge < -0.3 is 8.64 Å². The van der Waals surface area contributed by atoms with E-state index in [2.05, 4.69) is 3.53 Å². The van der Waals surface area contributed by atoms with Gasteiger partial charge in [-0.3, -0.25) is 0 Å². The van der Waals surface area contributed by atoms with E-state index in [1.807, 2.05) is 35.0 Å². The minimum Gasteiger partial charge on any atom is -0.508 e. The van der Waals surface area contributed by atoms with Crippen molar-refractivity contribution in [1.29, 1.82) is 0 Å². The first-order valence-electron chi connectivity index (χ1n) is 2.48. The van der Waals surface area contributed by atoms with Gasteiger partial charge >= 0.3 is 0 Å². The molecule has 0 heterocycles. The van der Waals surface area contributed by atoms with Crippen molar-refractivity contribution in [3.8, 4) is 5.75 Å². The molecule has 1 aromatic rings. The summed E-state index contributed by atoms with van der Waals surface area (Å²) in [5.41, 5.74) is 0.994. The van der Waals surface area contributed by atoms with Gasteiger partial charge in [-0.25, -0.2) is 0 Å². The van der Waals surface area contributed by atoms with E-state index >= 15 is 0 Å². The van der Waals surface area contributed by atoms with Crippen molar-refractivity contribution in [2.24, 2.45) is 0 Å². The van der Waals surface area contributed by atoms with Gasteiger partial charge in [0.1, 0.15) is 5.75 Å². The molecule has 0 spiro atoms. The van der Waals surface area contributed by atoms with E-state index in [1.165, 1.54) is 0 Å². The lowest BCUT2D eigenvalue weighted by Crippen LogP contribution is -1.75. The van der Waals surface area contributed by atoms with Crippen molar-refractivity contribution in [1.82, 2.24) is 0 Å². The smallest absolute Gasteiger partial charge is 0.115 e. The van der Waals surface area contributed by atoms with Gasteiger partial charge in [-0.2, -0.15) is 0 Å². The van der Waals surface area contributed by atoms with Gasteiger partial charge in [0.15, 0.2) is 0 Å². The molecule has 0 bridgehead atoms. The molecule has 0 aliphatic carbocycles. The third-order valence-electron chi connectivity index (χ3n) is 0.976. The monoisotopic (exact) mass is 235 g/mol. The van der Waals surface area contributed by atoms with Crippen LogP contribution in [0.1, 0.15) is 0 Å². The van der Waals surface area contributed by atoms with Crippen LogP contribution >= 0.6 is 22.9 Å². The minimum absolute atomic E-state index is 0.297. The predicted molar refractivity (Wildman–Crippen MR) is 45.7 cm³/mol. The van der Waals surface area contributed by atoms with Gasteiger partial charge in [-0.05, 0) is 24.3 Å². The highest BCUT2D eigenvalue weighted by molar-refractivity contribution is 14.1. The van der Waals surface area contributed by atoms with Crippen LogP contribution in [0.5, 0.6) is 5.75 Å². The molecule has 0 atom stereocenters. The lowest BCUT2D eigenvalue weighted by molar-refractivity contribution is 0.475. The fourth-order valence-corrected chi connectivity index (χ4v) is 0.884. The fraction of sp³-hybridized carbons (Fsp3) is 0. The number of hydrogen-bond donors (Lipinski definition) is 2. The lowest BCUT2D eigenvalue weighted by Gasteiger charge is -1.95. The van der Waals surface area contributed by atoms with Crippen molar-refractivity contribution in [2.45, 2.75) is 0 Å². The van der Waals surface area contributed by atoms with Crippen LogP contribution in [0, 0.1) is 0 Å². The van der Waals surface area contributed by atoms with E-state index in [-0.39, 0.29) is 0 Å². The van der Waals surface area contributed by atoms with E-state index in [9.17, 15) is 0 Å². The summed E-state index contributed by atoms with van der Waals surface area (Å²) in [5.74, 6) is 0.297. The fourth-order valence-electron chi connectivity index (χ4n) is 0.524. The highest BCUT2D eigenvalue weighted by Gasteiger charge is 1.86. The highest BCUT2D eigenvalue weighted by atomic mass is 127. The van der Waals surface area contributed by atoms with Gasteiger partial charge in [-0.15, -0.1) is 0 Å². The zero-order chi connectivity index (χ0) is 6.69. The van der Waals surface area contributed by atoms with Crippen LogP contribution in [-0.4, -0.2) is 5.11 Å². The number of hydrogen-bond acceptors (Lipinski definition) is 2. The van der Waals surface area contributed by atoms with Gasteiger partial charge in [0.05, 0.1) is 22.9 Å². The first kappa shape index (κ1) is 6.67.